The standard InChI is InChI=1S/C17H19N3O3S/c1-11(21)18-16-14(12-5-3-2-4-6-12)19-17(24-16)20-15(22)13-7-9-23-10-8-13/h2-6,13H,7-10H2,1H3,(H,18,21)(H,19,20,22). The number of thiazole rings is 1. The second kappa shape index (κ2) is 7.55. The van der Waals surface area contributed by atoms with E-state index in [1.807, 2.05) is 30.3 Å². The number of hydrogen-bond donors (Lipinski definition) is 2. The van der Waals surface area contributed by atoms with Gasteiger partial charge in [0, 0.05) is 31.6 Å². The van der Waals surface area contributed by atoms with Crippen molar-refractivity contribution in [2.45, 2.75) is 19.8 Å². The van der Waals surface area contributed by atoms with Crippen LogP contribution >= 0.6 is 11.3 Å². The summed E-state index contributed by atoms with van der Waals surface area (Å²) in [6.45, 7) is 2.68. The summed E-state index contributed by atoms with van der Waals surface area (Å²) in [4.78, 5) is 28.3. The van der Waals surface area contributed by atoms with E-state index >= 15 is 0 Å². The molecule has 1 aliphatic heterocycles. The van der Waals surface area contributed by atoms with Crippen molar-refractivity contribution in [1.82, 2.24) is 4.98 Å². The number of ether oxygens (including phenoxy) is 1. The Morgan fingerprint density at radius 3 is 2.54 bits per heavy atom. The SMILES string of the molecule is CC(=O)Nc1sc(NC(=O)C2CCOCC2)nc1-c1ccccc1. The molecule has 126 valence electrons. The lowest BCUT2D eigenvalue weighted by atomic mass is 10.00. The highest BCUT2D eigenvalue weighted by molar-refractivity contribution is 7.20. The molecule has 1 aliphatic rings. The van der Waals surface area contributed by atoms with Crippen molar-refractivity contribution >= 4 is 33.3 Å². The van der Waals surface area contributed by atoms with Crippen molar-refractivity contribution in [2.24, 2.45) is 5.92 Å². The predicted octanol–water partition coefficient (Wildman–Crippen LogP) is 3.13. The fourth-order valence-corrected chi connectivity index (χ4v) is 3.51. The number of nitrogens with zero attached hydrogens (tertiary/aromatic N) is 1. The van der Waals surface area contributed by atoms with Gasteiger partial charge >= 0.3 is 0 Å². The average molecular weight is 345 g/mol. The number of benzene rings is 1. The predicted molar refractivity (Wildman–Crippen MR) is 94.0 cm³/mol. The van der Waals surface area contributed by atoms with Gasteiger partial charge < -0.3 is 15.4 Å². The number of rotatable bonds is 4. The Kier molecular flexibility index (Phi) is 5.22. The van der Waals surface area contributed by atoms with Crippen molar-refractivity contribution < 1.29 is 14.3 Å². The van der Waals surface area contributed by atoms with Gasteiger partial charge in [0.05, 0.1) is 0 Å². The Bertz CT molecular complexity index is 724. The van der Waals surface area contributed by atoms with Crippen LogP contribution in [-0.2, 0) is 14.3 Å². The van der Waals surface area contributed by atoms with E-state index in [9.17, 15) is 9.59 Å². The minimum atomic E-state index is -0.168. The van der Waals surface area contributed by atoms with Crippen LogP contribution in [0.1, 0.15) is 19.8 Å². The maximum absolute atomic E-state index is 12.4. The number of carbonyl (C=O) groups is 2. The lowest BCUT2D eigenvalue weighted by Crippen LogP contribution is -2.28. The average Bonchev–Trinajstić information content (AvgIpc) is 2.98. The highest BCUT2D eigenvalue weighted by Crippen LogP contribution is 2.36. The van der Waals surface area contributed by atoms with Gasteiger partial charge in [0.2, 0.25) is 11.8 Å². The van der Waals surface area contributed by atoms with E-state index in [0.29, 0.717) is 29.0 Å². The minimum Gasteiger partial charge on any atom is -0.381 e. The molecule has 1 saturated heterocycles. The normalized spacial score (nSPS) is 15.0. The summed E-state index contributed by atoms with van der Waals surface area (Å²) < 4.78 is 5.28. The van der Waals surface area contributed by atoms with Gasteiger partial charge in [-0.1, -0.05) is 41.7 Å². The molecule has 2 heterocycles. The molecule has 0 aliphatic carbocycles. The third-order valence-corrected chi connectivity index (χ3v) is 4.67. The molecule has 3 rings (SSSR count). The van der Waals surface area contributed by atoms with Crippen LogP contribution < -0.4 is 10.6 Å². The van der Waals surface area contributed by atoms with E-state index in [-0.39, 0.29) is 17.7 Å². The Morgan fingerprint density at radius 1 is 1.17 bits per heavy atom. The third-order valence-electron chi connectivity index (χ3n) is 3.79. The lowest BCUT2D eigenvalue weighted by molar-refractivity contribution is -0.122. The summed E-state index contributed by atoms with van der Waals surface area (Å²) in [6, 6.07) is 9.58. The molecule has 7 heteroatoms. The summed E-state index contributed by atoms with van der Waals surface area (Å²) in [5.74, 6) is -0.258. The van der Waals surface area contributed by atoms with E-state index < -0.39 is 0 Å². The molecule has 0 spiro atoms. The maximum Gasteiger partial charge on any atom is 0.229 e. The van der Waals surface area contributed by atoms with Crippen LogP contribution in [0.2, 0.25) is 0 Å². The molecule has 0 atom stereocenters. The van der Waals surface area contributed by atoms with Gasteiger partial charge in [-0.25, -0.2) is 4.98 Å². The summed E-state index contributed by atoms with van der Waals surface area (Å²) in [7, 11) is 0. The highest BCUT2D eigenvalue weighted by Gasteiger charge is 2.23. The molecule has 2 N–H and O–H groups in total. The van der Waals surface area contributed by atoms with Crippen molar-refractivity contribution in [2.75, 3.05) is 23.8 Å². The van der Waals surface area contributed by atoms with Crippen LogP contribution in [0.25, 0.3) is 11.3 Å². The van der Waals surface area contributed by atoms with Gasteiger partial charge in [-0.05, 0) is 12.8 Å². The van der Waals surface area contributed by atoms with E-state index in [0.717, 1.165) is 18.4 Å². The van der Waals surface area contributed by atoms with Crippen molar-refractivity contribution in [1.29, 1.82) is 0 Å². The molecule has 0 bridgehead atoms. The van der Waals surface area contributed by atoms with Crippen LogP contribution in [0.5, 0.6) is 0 Å². The van der Waals surface area contributed by atoms with Crippen LogP contribution in [0.15, 0.2) is 30.3 Å². The number of carbonyl (C=O) groups excluding carboxylic acids is 2. The zero-order chi connectivity index (χ0) is 16.9. The van der Waals surface area contributed by atoms with Gasteiger partial charge in [0.15, 0.2) is 5.13 Å². The minimum absolute atomic E-state index is 0.0407. The lowest BCUT2D eigenvalue weighted by Gasteiger charge is -2.20. The quantitative estimate of drug-likeness (QED) is 0.892. The number of anilines is 2. The van der Waals surface area contributed by atoms with Crippen LogP contribution in [0.3, 0.4) is 0 Å². The van der Waals surface area contributed by atoms with Crippen LogP contribution in [-0.4, -0.2) is 30.0 Å². The first-order valence-corrected chi connectivity index (χ1v) is 8.67. The fraction of sp³-hybridized carbons (Fsp3) is 0.353. The molecule has 2 aromatic rings. The zero-order valence-corrected chi connectivity index (χ0v) is 14.2. The van der Waals surface area contributed by atoms with Crippen LogP contribution in [0.4, 0.5) is 10.1 Å². The van der Waals surface area contributed by atoms with E-state index in [1.54, 1.807) is 0 Å². The van der Waals surface area contributed by atoms with E-state index in [4.69, 9.17) is 4.74 Å². The molecule has 0 saturated carbocycles. The monoisotopic (exact) mass is 345 g/mol. The maximum atomic E-state index is 12.4. The largest absolute Gasteiger partial charge is 0.381 e. The first-order chi connectivity index (χ1) is 11.6. The number of nitrogens with one attached hydrogen (secondary N) is 2. The molecule has 0 unspecified atom stereocenters. The summed E-state index contributed by atoms with van der Waals surface area (Å²) in [5.41, 5.74) is 1.56. The first-order valence-electron chi connectivity index (χ1n) is 7.86. The number of hydrogen-bond acceptors (Lipinski definition) is 5. The molecule has 2 amide bonds. The Balaban J connectivity index is 1.82. The molecule has 6 nitrogen and oxygen atoms in total. The number of aromatic nitrogens is 1. The molecular formula is C17H19N3O3S. The highest BCUT2D eigenvalue weighted by atomic mass is 32.1. The molecular weight excluding hydrogens is 326 g/mol. The molecule has 24 heavy (non-hydrogen) atoms. The molecule has 1 aromatic carbocycles. The zero-order valence-electron chi connectivity index (χ0n) is 13.4. The second-order valence-electron chi connectivity index (χ2n) is 5.62. The molecule has 1 aromatic heterocycles. The Labute approximate surface area is 144 Å². The van der Waals surface area contributed by atoms with E-state index in [1.165, 1.54) is 18.3 Å². The summed E-state index contributed by atoms with van der Waals surface area (Å²) in [6.07, 6.45) is 1.45. The topological polar surface area (TPSA) is 80.3 Å². The van der Waals surface area contributed by atoms with Gasteiger partial charge in [0.1, 0.15) is 10.7 Å². The van der Waals surface area contributed by atoms with Crippen molar-refractivity contribution in [3.8, 4) is 11.3 Å². The third kappa shape index (κ3) is 3.98. The van der Waals surface area contributed by atoms with Crippen molar-refractivity contribution in [3.05, 3.63) is 30.3 Å². The molecule has 0 radical (unpaired) electrons. The summed E-state index contributed by atoms with van der Waals surface area (Å²) >= 11 is 1.27. The fourth-order valence-electron chi connectivity index (χ4n) is 2.58. The van der Waals surface area contributed by atoms with Gasteiger partial charge in [-0.3, -0.25) is 9.59 Å². The Morgan fingerprint density at radius 2 is 1.88 bits per heavy atom. The van der Waals surface area contributed by atoms with Gasteiger partial charge in [0.25, 0.3) is 0 Å². The smallest absolute Gasteiger partial charge is 0.229 e. The molecule has 1 fully saturated rings. The van der Waals surface area contributed by atoms with Gasteiger partial charge in [-0.2, -0.15) is 0 Å². The second-order valence-corrected chi connectivity index (χ2v) is 6.62. The first kappa shape index (κ1) is 16.6. The Hall–Kier alpha value is -2.25. The van der Waals surface area contributed by atoms with Gasteiger partial charge in [-0.15, -0.1) is 0 Å². The van der Waals surface area contributed by atoms with E-state index in [2.05, 4.69) is 15.6 Å². The summed E-state index contributed by atoms with van der Waals surface area (Å²) in [5, 5.41) is 6.80. The van der Waals surface area contributed by atoms with Crippen molar-refractivity contribution in [3.63, 3.8) is 0 Å². The number of amides is 2. The van der Waals surface area contributed by atoms with Crippen LogP contribution in [0, 0.1) is 5.92 Å².